The van der Waals surface area contributed by atoms with Gasteiger partial charge in [0.1, 0.15) is 5.54 Å². The largest absolute Gasteiger partial charge is 0.309 e. The zero-order chi connectivity index (χ0) is 14.7. The van der Waals surface area contributed by atoms with Crippen LogP contribution in [-0.2, 0) is 5.54 Å². The lowest BCUT2D eigenvalue weighted by Crippen LogP contribution is -2.54. The van der Waals surface area contributed by atoms with Crippen LogP contribution >= 0.6 is 0 Å². The van der Waals surface area contributed by atoms with Crippen molar-refractivity contribution in [1.82, 2.24) is 4.90 Å². The number of nitrogens with two attached hydrogens (primary N) is 1. The van der Waals surface area contributed by atoms with Crippen LogP contribution in [0.2, 0.25) is 0 Å². The molecule has 0 amide bonds. The second kappa shape index (κ2) is 6.17. The summed E-state index contributed by atoms with van der Waals surface area (Å²) in [4.78, 5) is 2.50. The second-order valence-corrected chi connectivity index (χ2v) is 6.67. The standard InChI is InChI=1S/C18H25N3/c19-13-18(20,16-9-2-1-3-10-16)14-21-12-6-8-15-7-4-5-11-17(15)21/h1-3,9-10,15,17H,4-8,11-12,14,20H2/t15-,17-,18?/m1/s1. The molecule has 21 heavy (non-hydrogen) atoms. The van der Waals surface area contributed by atoms with Gasteiger partial charge >= 0.3 is 0 Å². The van der Waals surface area contributed by atoms with E-state index in [9.17, 15) is 5.26 Å². The molecule has 1 saturated carbocycles. The molecular formula is C18H25N3. The number of fused-ring (bicyclic) bond motifs is 1. The topological polar surface area (TPSA) is 53.1 Å². The molecule has 3 nitrogen and oxygen atoms in total. The minimum Gasteiger partial charge on any atom is -0.309 e. The summed E-state index contributed by atoms with van der Waals surface area (Å²) in [6.07, 6.45) is 7.94. The molecule has 0 aromatic heterocycles. The third-order valence-corrected chi connectivity index (χ3v) is 5.30. The van der Waals surface area contributed by atoms with Crippen LogP contribution in [0.15, 0.2) is 30.3 Å². The lowest BCUT2D eigenvalue weighted by Gasteiger charge is -2.46. The first-order chi connectivity index (χ1) is 10.2. The number of nitriles is 1. The molecule has 0 bridgehead atoms. The Hall–Kier alpha value is -1.37. The van der Waals surface area contributed by atoms with Gasteiger partial charge in [-0.2, -0.15) is 5.26 Å². The van der Waals surface area contributed by atoms with Gasteiger partial charge in [-0.15, -0.1) is 0 Å². The average Bonchev–Trinajstić information content (AvgIpc) is 2.56. The van der Waals surface area contributed by atoms with Crippen molar-refractivity contribution in [3.8, 4) is 6.07 Å². The van der Waals surface area contributed by atoms with Gasteiger partial charge in [0, 0.05) is 12.6 Å². The van der Waals surface area contributed by atoms with Crippen LogP contribution in [0.4, 0.5) is 0 Å². The van der Waals surface area contributed by atoms with E-state index in [1.807, 2.05) is 30.3 Å². The van der Waals surface area contributed by atoms with E-state index in [1.165, 1.54) is 38.5 Å². The van der Waals surface area contributed by atoms with Crippen LogP contribution in [0, 0.1) is 17.2 Å². The monoisotopic (exact) mass is 283 g/mol. The molecule has 2 aliphatic rings. The Labute approximate surface area is 127 Å². The maximum Gasteiger partial charge on any atom is 0.142 e. The Morgan fingerprint density at radius 2 is 1.86 bits per heavy atom. The van der Waals surface area contributed by atoms with E-state index in [0.29, 0.717) is 12.6 Å². The molecule has 1 saturated heterocycles. The number of benzene rings is 1. The first-order valence-electron chi connectivity index (χ1n) is 8.23. The van der Waals surface area contributed by atoms with Gasteiger partial charge in [0.2, 0.25) is 0 Å². The van der Waals surface area contributed by atoms with E-state index < -0.39 is 5.54 Å². The van der Waals surface area contributed by atoms with Crippen molar-refractivity contribution in [2.75, 3.05) is 13.1 Å². The average molecular weight is 283 g/mol. The molecule has 1 heterocycles. The molecule has 2 fully saturated rings. The summed E-state index contributed by atoms with van der Waals surface area (Å²) in [5, 5.41) is 9.66. The fourth-order valence-electron chi connectivity index (χ4n) is 4.17. The van der Waals surface area contributed by atoms with E-state index in [-0.39, 0.29) is 0 Å². The molecule has 2 N–H and O–H groups in total. The van der Waals surface area contributed by atoms with Gasteiger partial charge in [-0.3, -0.25) is 4.90 Å². The number of hydrogen-bond acceptors (Lipinski definition) is 3. The van der Waals surface area contributed by atoms with E-state index in [0.717, 1.165) is 18.0 Å². The molecule has 1 aromatic rings. The fourth-order valence-corrected chi connectivity index (χ4v) is 4.17. The highest BCUT2D eigenvalue weighted by Crippen LogP contribution is 2.36. The summed E-state index contributed by atoms with van der Waals surface area (Å²) in [7, 11) is 0. The molecular weight excluding hydrogens is 258 g/mol. The summed E-state index contributed by atoms with van der Waals surface area (Å²) in [6.45, 7) is 1.75. The van der Waals surface area contributed by atoms with Crippen molar-refractivity contribution in [2.45, 2.75) is 50.1 Å². The van der Waals surface area contributed by atoms with Crippen molar-refractivity contribution in [3.05, 3.63) is 35.9 Å². The molecule has 0 spiro atoms. The minimum atomic E-state index is -0.888. The van der Waals surface area contributed by atoms with Gasteiger partial charge in [-0.1, -0.05) is 43.2 Å². The third kappa shape index (κ3) is 2.97. The summed E-state index contributed by atoms with van der Waals surface area (Å²) < 4.78 is 0. The highest BCUT2D eigenvalue weighted by atomic mass is 15.2. The van der Waals surface area contributed by atoms with Gasteiger partial charge in [-0.05, 0) is 43.7 Å². The van der Waals surface area contributed by atoms with E-state index in [4.69, 9.17) is 5.73 Å². The van der Waals surface area contributed by atoms with E-state index >= 15 is 0 Å². The number of nitrogens with zero attached hydrogens (tertiary/aromatic N) is 2. The van der Waals surface area contributed by atoms with Crippen molar-refractivity contribution in [2.24, 2.45) is 11.7 Å². The van der Waals surface area contributed by atoms with Crippen LogP contribution < -0.4 is 5.73 Å². The van der Waals surface area contributed by atoms with Crippen molar-refractivity contribution >= 4 is 0 Å². The molecule has 1 aliphatic carbocycles. The van der Waals surface area contributed by atoms with Crippen LogP contribution in [0.3, 0.4) is 0 Å². The van der Waals surface area contributed by atoms with E-state index in [2.05, 4.69) is 11.0 Å². The summed E-state index contributed by atoms with van der Waals surface area (Å²) in [5.74, 6) is 0.825. The lowest BCUT2D eigenvalue weighted by molar-refractivity contribution is 0.0490. The highest BCUT2D eigenvalue weighted by Gasteiger charge is 2.38. The Balaban J connectivity index is 1.78. The molecule has 3 heteroatoms. The zero-order valence-corrected chi connectivity index (χ0v) is 12.7. The number of likely N-dealkylation sites (tertiary alicyclic amines) is 1. The Morgan fingerprint density at radius 3 is 2.62 bits per heavy atom. The van der Waals surface area contributed by atoms with Crippen molar-refractivity contribution < 1.29 is 0 Å². The Morgan fingerprint density at radius 1 is 1.14 bits per heavy atom. The SMILES string of the molecule is N#CC(N)(CN1CCC[C@H]2CCCC[C@H]21)c1ccccc1. The summed E-state index contributed by atoms with van der Waals surface area (Å²) in [5.41, 5.74) is 6.52. The number of piperidine rings is 1. The van der Waals surface area contributed by atoms with Crippen LogP contribution in [-0.4, -0.2) is 24.0 Å². The molecule has 3 rings (SSSR count). The number of hydrogen-bond donors (Lipinski definition) is 1. The van der Waals surface area contributed by atoms with E-state index in [1.54, 1.807) is 0 Å². The van der Waals surface area contributed by atoms with Gasteiger partial charge in [-0.25, -0.2) is 0 Å². The Kier molecular flexibility index (Phi) is 4.28. The molecule has 0 radical (unpaired) electrons. The zero-order valence-electron chi connectivity index (χ0n) is 12.7. The second-order valence-electron chi connectivity index (χ2n) is 6.67. The van der Waals surface area contributed by atoms with Crippen molar-refractivity contribution in [1.29, 1.82) is 5.26 Å². The predicted molar refractivity (Wildman–Crippen MR) is 84.5 cm³/mol. The summed E-state index contributed by atoms with van der Waals surface area (Å²) >= 11 is 0. The number of rotatable bonds is 3. The van der Waals surface area contributed by atoms with Crippen molar-refractivity contribution in [3.63, 3.8) is 0 Å². The minimum absolute atomic E-state index is 0.646. The first-order valence-corrected chi connectivity index (χ1v) is 8.23. The predicted octanol–water partition coefficient (Wildman–Crippen LogP) is 3.02. The molecule has 1 aromatic carbocycles. The van der Waals surface area contributed by atoms with Gasteiger partial charge in [0.25, 0.3) is 0 Å². The third-order valence-electron chi connectivity index (χ3n) is 5.30. The summed E-state index contributed by atoms with van der Waals surface area (Å²) in [6, 6.07) is 12.9. The molecule has 3 atom stereocenters. The Bertz CT molecular complexity index is 505. The van der Waals surface area contributed by atoms with Crippen LogP contribution in [0.25, 0.3) is 0 Å². The van der Waals surface area contributed by atoms with Crippen LogP contribution in [0.5, 0.6) is 0 Å². The first kappa shape index (κ1) is 14.6. The molecule has 112 valence electrons. The smallest absolute Gasteiger partial charge is 0.142 e. The lowest BCUT2D eigenvalue weighted by atomic mass is 9.77. The normalized spacial score (nSPS) is 29.1. The molecule has 1 aliphatic heterocycles. The van der Waals surface area contributed by atoms with Gasteiger partial charge in [0.15, 0.2) is 0 Å². The molecule has 1 unspecified atom stereocenters. The quantitative estimate of drug-likeness (QED) is 0.927. The van der Waals surface area contributed by atoms with Crippen LogP contribution in [0.1, 0.15) is 44.1 Å². The fraction of sp³-hybridized carbons (Fsp3) is 0.611. The highest BCUT2D eigenvalue weighted by molar-refractivity contribution is 5.31. The maximum atomic E-state index is 9.66. The van der Waals surface area contributed by atoms with Gasteiger partial charge in [0.05, 0.1) is 6.07 Å². The maximum absolute atomic E-state index is 9.66. The van der Waals surface area contributed by atoms with Gasteiger partial charge < -0.3 is 5.73 Å².